The van der Waals surface area contributed by atoms with Crippen molar-refractivity contribution in [3.8, 4) is 0 Å². The Morgan fingerprint density at radius 3 is 2.72 bits per heavy atom. The number of benzene rings is 2. The van der Waals surface area contributed by atoms with Crippen LogP contribution in [0.25, 0.3) is 10.8 Å². The summed E-state index contributed by atoms with van der Waals surface area (Å²) >= 11 is 0. The number of aromatic nitrogens is 1. The average molecular weight is 501 g/mol. The monoisotopic (exact) mass is 501 g/mol. The summed E-state index contributed by atoms with van der Waals surface area (Å²) in [5, 5.41) is 9.39. The van der Waals surface area contributed by atoms with E-state index in [-0.39, 0.29) is 24.0 Å². The first-order valence-corrected chi connectivity index (χ1v) is 9.88. The van der Waals surface area contributed by atoms with Gasteiger partial charge in [-0.05, 0) is 23.4 Å². The molecule has 1 saturated heterocycles. The molecule has 0 spiro atoms. The fourth-order valence-corrected chi connectivity index (χ4v) is 3.81. The minimum absolute atomic E-state index is 0. The zero-order valence-corrected chi connectivity index (χ0v) is 19.0. The molecule has 1 aromatic heterocycles. The molecule has 0 amide bonds. The SMILES string of the molecule is CN=C(NCc1nccc2ccccc12)NC1CCN(Cc2ccccc2)C1.I. The van der Waals surface area contributed by atoms with E-state index in [0.717, 1.165) is 37.7 Å². The van der Waals surface area contributed by atoms with Crippen molar-refractivity contribution in [1.29, 1.82) is 0 Å². The van der Waals surface area contributed by atoms with Crippen molar-refractivity contribution in [1.82, 2.24) is 20.5 Å². The lowest BCUT2D eigenvalue weighted by molar-refractivity contribution is 0.324. The number of hydrogen-bond acceptors (Lipinski definition) is 3. The van der Waals surface area contributed by atoms with Gasteiger partial charge in [-0.25, -0.2) is 0 Å². The summed E-state index contributed by atoms with van der Waals surface area (Å²) in [4.78, 5) is 11.4. The van der Waals surface area contributed by atoms with E-state index in [1.807, 2.05) is 19.3 Å². The molecule has 1 aliphatic rings. The fourth-order valence-electron chi connectivity index (χ4n) is 3.81. The van der Waals surface area contributed by atoms with E-state index in [9.17, 15) is 0 Å². The summed E-state index contributed by atoms with van der Waals surface area (Å²) < 4.78 is 0. The van der Waals surface area contributed by atoms with Crippen LogP contribution in [0.3, 0.4) is 0 Å². The number of nitrogens with zero attached hydrogens (tertiary/aromatic N) is 3. The zero-order chi connectivity index (χ0) is 19.2. The Balaban J connectivity index is 0.00000240. The summed E-state index contributed by atoms with van der Waals surface area (Å²) in [5.41, 5.74) is 2.41. The number of pyridine rings is 1. The highest BCUT2D eigenvalue weighted by Crippen LogP contribution is 2.16. The number of halogens is 1. The fraction of sp³-hybridized carbons (Fsp3) is 0.304. The van der Waals surface area contributed by atoms with Crippen LogP contribution in [0.1, 0.15) is 17.7 Å². The molecule has 6 heteroatoms. The highest BCUT2D eigenvalue weighted by Gasteiger charge is 2.23. The van der Waals surface area contributed by atoms with Gasteiger partial charge in [-0.1, -0.05) is 54.6 Å². The predicted molar refractivity (Wildman–Crippen MR) is 131 cm³/mol. The van der Waals surface area contributed by atoms with Crippen LogP contribution in [-0.2, 0) is 13.1 Å². The van der Waals surface area contributed by atoms with Crippen LogP contribution >= 0.6 is 24.0 Å². The number of hydrogen-bond donors (Lipinski definition) is 2. The Labute approximate surface area is 189 Å². The van der Waals surface area contributed by atoms with E-state index in [4.69, 9.17) is 0 Å². The Hall–Kier alpha value is -2.19. The van der Waals surface area contributed by atoms with E-state index in [2.05, 4.69) is 80.1 Å². The Morgan fingerprint density at radius 2 is 1.90 bits per heavy atom. The van der Waals surface area contributed by atoms with Crippen molar-refractivity contribution in [2.24, 2.45) is 4.99 Å². The van der Waals surface area contributed by atoms with Gasteiger partial charge in [0.05, 0.1) is 12.2 Å². The molecule has 1 fully saturated rings. The molecule has 5 nitrogen and oxygen atoms in total. The van der Waals surface area contributed by atoms with Crippen molar-refractivity contribution < 1.29 is 0 Å². The minimum Gasteiger partial charge on any atom is -0.352 e. The Morgan fingerprint density at radius 1 is 1.10 bits per heavy atom. The maximum atomic E-state index is 4.55. The summed E-state index contributed by atoms with van der Waals surface area (Å²) in [5.74, 6) is 0.835. The van der Waals surface area contributed by atoms with Gasteiger partial charge in [-0.15, -0.1) is 24.0 Å². The standard InChI is InChI=1S/C23H27N5.HI/c1-24-23(26-15-22-21-10-6-5-9-19(21)11-13-25-22)27-20-12-14-28(17-20)16-18-7-3-2-4-8-18;/h2-11,13,20H,12,14-17H2,1H3,(H2,24,26,27);1H. The van der Waals surface area contributed by atoms with Gasteiger partial charge in [0.25, 0.3) is 0 Å². The van der Waals surface area contributed by atoms with Crippen LogP contribution in [-0.4, -0.2) is 42.0 Å². The van der Waals surface area contributed by atoms with Gasteiger partial charge in [0, 0.05) is 44.3 Å². The molecule has 0 bridgehead atoms. The molecule has 2 N–H and O–H groups in total. The molecule has 0 aliphatic carbocycles. The molecule has 2 heterocycles. The summed E-state index contributed by atoms with van der Waals surface area (Å²) in [6, 6.07) is 21.5. The smallest absolute Gasteiger partial charge is 0.191 e. The number of likely N-dealkylation sites (tertiary alicyclic amines) is 1. The maximum Gasteiger partial charge on any atom is 0.191 e. The zero-order valence-electron chi connectivity index (χ0n) is 16.7. The van der Waals surface area contributed by atoms with E-state index >= 15 is 0 Å². The van der Waals surface area contributed by atoms with Gasteiger partial charge in [0.15, 0.2) is 5.96 Å². The maximum absolute atomic E-state index is 4.55. The summed E-state index contributed by atoms with van der Waals surface area (Å²) in [6.07, 6.45) is 2.99. The minimum atomic E-state index is 0. The van der Waals surface area contributed by atoms with Crippen molar-refractivity contribution in [2.45, 2.75) is 25.6 Å². The second-order valence-electron chi connectivity index (χ2n) is 7.26. The third-order valence-electron chi connectivity index (χ3n) is 5.27. The first-order valence-electron chi connectivity index (χ1n) is 9.88. The number of rotatable bonds is 5. The molecule has 4 rings (SSSR count). The second kappa shape index (κ2) is 10.5. The van der Waals surface area contributed by atoms with Crippen molar-refractivity contribution >= 4 is 40.7 Å². The predicted octanol–water partition coefficient (Wildman–Crippen LogP) is 3.79. The number of fused-ring (bicyclic) bond motifs is 1. The van der Waals surface area contributed by atoms with E-state index in [1.54, 1.807) is 0 Å². The Kier molecular flexibility index (Phi) is 7.83. The van der Waals surface area contributed by atoms with Gasteiger partial charge in [-0.3, -0.25) is 14.9 Å². The molecule has 1 atom stereocenters. The van der Waals surface area contributed by atoms with Crippen LogP contribution in [0.15, 0.2) is 71.9 Å². The summed E-state index contributed by atoms with van der Waals surface area (Å²) in [6.45, 7) is 3.79. The highest BCUT2D eigenvalue weighted by atomic mass is 127. The number of guanidine groups is 1. The van der Waals surface area contributed by atoms with Gasteiger partial charge >= 0.3 is 0 Å². The molecule has 3 aromatic rings. The highest BCUT2D eigenvalue weighted by molar-refractivity contribution is 14.0. The van der Waals surface area contributed by atoms with Crippen molar-refractivity contribution in [3.63, 3.8) is 0 Å². The molecule has 0 radical (unpaired) electrons. The van der Waals surface area contributed by atoms with E-state index in [1.165, 1.54) is 16.3 Å². The first kappa shape index (κ1) is 21.5. The van der Waals surface area contributed by atoms with E-state index in [0.29, 0.717) is 12.6 Å². The topological polar surface area (TPSA) is 52.6 Å². The number of nitrogens with one attached hydrogen (secondary N) is 2. The van der Waals surface area contributed by atoms with Gasteiger partial charge in [-0.2, -0.15) is 0 Å². The third-order valence-corrected chi connectivity index (χ3v) is 5.27. The van der Waals surface area contributed by atoms with Gasteiger partial charge < -0.3 is 10.6 Å². The lowest BCUT2D eigenvalue weighted by Gasteiger charge is -2.19. The quantitative estimate of drug-likeness (QED) is 0.318. The Bertz CT molecular complexity index is 939. The molecular formula is C23H28IN5. The third kappa shape index (κ3) is 5.67. The molecule has 29 heavy (non-hydrogen) atoms. The molecule has 1 aliphatic heterocycles. The normalized spacial score (nSPS) is 17.1. The second-order valence-corrected chi connectivity index (χ2v) is 7.26. The lowest BCUT2D eigenvalue weighted by Crippen LogP contribution is -2.44. The molecule has 152 valence electrons. The lowest BCUT2D eigenvalue weighted by atomic mass is 10.1. The summed E-state index contributed by atoms with van der Waals surface area (Å²) in [7, 11) is 1.82. The van der Waals surface area contributed by atoms with E-state index < -0.39 is 0 Å². The molecule has 2 aromatic carbocycles. The first-order chi connectivity index (χ1) is 13.8. The van der Waals surface area contributed by atoms with Crippen LogP contribution in [0.4, 0.5) is 0 Å². The van der Waals surface area contributed by atoms with Crippen molar-refractivity contribution in [3.05, 3.63) is 78.1 Å². The molecule has 1 unspecified atom stereocenters. The van der Waals surface area contributed by atoms with Crippen LogP contribution in [0.2, 0.25) is 0 Å². The van der Waals surface area contributed by atoms with Crippen LogP contribution < -0.4 is 10.6 Å². The van der Waals surface area contributed by atoms with Crippen LogP contribution in [0, 0.1) is 0 Å². The molecule has 0 saturated carbocycles. The molecular weight excluding hydrogens is 473 g/mol. The van der Waals surface area contributed by atoms with Gasteiger partial charge in [0.2, 0.25) is 0 Å². The van der Waals surface area contributed by atoms with Crippen molar-refractivity contribution in [2.75, 3.05) is 20.1 Å². The number of aliphatic imine (C=N–C) groups is 1. The van der Waals surface area contributed by atoms with Crippen LogP contribution in [0.5, 0.6) is 0 Å². The average Bonchev–Trinajstić information content (AvgIpc) is 3.18. The van der Waals surface area contributed by atoms with Gasteiger partial charge in [0.1, 0.15) is 0 Å². The largest absolute Gasteiger partial charge is 0.352 e.